The Morgan fingerprint density at radius 2 is 2.09 bits per heavy atom. The summed E-state index contributed by atoms with van der Waals surface area (Å²) in [5.41, 5.74) is 0.291. The van der Waals surface area contributed by atoms with E-state index in [-0.39, 0.29) is 36.0 Å². The molecule has 23 heavy (non-hydrogen) atoms. The van der Waals surface area contributed by atoms with Gasteiger partial charge >= 0.3 is 0 Å². The molecule has 0 fully saturated rings. The fourth-order valence-corrected chi connectivity index (χ4v) is 1.99. The monoisotopic (exact) mass is 317 g/mol. The highest BCUT2D eigenvalue weighted by Gasteiger charge is 2.12. The maximum atomic E-state index is 12.1. The smallest absolute Gasteiger partial charge is 0.265 e. The van der Waals surface area contributed by atoms with Crippen molar-refractivity contribution in [3.8, 4) is 0 Å². The fraction of sp³-hybridized carbons (Fsp3) is 0.400. The first kappa shape index (κ1) is 16.6. The van der Waals surface area contributed by atoms with Crippen LogP contribution in [0.5, 0.6) is 0 Å². The first-order chi connectivity index (χ1) is 10.9. The molecule has 122 valence electrons. The van der Waals surface area contributed by atoms with Crippen LogP contribution >= 0.6 is 0 Å². The lowest BCUT2D eigenvalue weighted by atomic mass is 10.1. The molecule has 2 aromatic heterocycles. The zero-order valence-electron chi connectivity index (χ0n) is 13.3. The summed E-state index contributed by atoms with van der Waals surface area (Å²) in [5, 5.41) is 5.08. The molecule has 8 heteroatoms. The van der Waals surface area contributed by atoms with Gasteiger partial charge in [-0.25, -0.2) is 14.6 Å². The third-order valence-electron chi connectivity index (χ3n) is 3.27. The van der Waals surface area contributed by atoms with Gasteiger partial charge in [-0.3, -0.25) is 19.5 Å². The Kier molecular flexibility index (Phi) is 5.05. The van der Waals surface area contributed by atoms with Gasteiger partial charge in [0.25, 0.3) is 17.0 Å². The van der Waals surface area contributed by atoms with E-state index < -0.39 is 0 Å². The molecule has 2 heterocycles. The van der Waals surface area contributed by atoms with Crippen LogP contribution in [0.25, 0.3) is 0 Å². The topological polar surface area (TPSA) is 110 Å². The number of rotatable bonds is 5. The predicted molar refractivity (Wildman–Crippen MR) is 84.5 cm³/mol. The standard InChI is InChI=1S/C15H19N5O3/c1-9(2)14-17-8-11(10(3)18-14)15(23)16-6-7-20-13(22)5-4-12(21)19-20/h4-5,8-9H,6-7H2,1-3H3,(H,16,23)(H,19,21). The lowest BCUT2D eigenvalue weighted by Gasteiger charge is -2.10. The minimum absolute atomic E-state index is 0.171. The summed E-state index contributed by atoms with van der Waals surface area (Å²) in [6, 6.07) is 2.34. The highest BCUT2D eigenvalue weighted by atomic mass is 16.2. The fourth-order valence-electron chi connectivity index (χ4n) is 1.99. The third-order valence-corrected chi connectivity index (χ3v) is 3.27. The Balaban J connectivity index is 2.01. The van der Waals surface area contributed by atoms with E-state index in [9.17, 15) is 14.4 Å². The Morgan fingerprint density at radius 3 is 2.74 bits per heavy atom. The second kappa shape index (κ2) is 6.99. The lowest BCUT2D eigenvalue weighted by molar-refractivity contribution is 0.0950. The number of amides is 1. The molecule has 0 atom stereocenters. The molecule has 2 aromatic rings. The van der Waals surface area contributed by atoms with E-state index in [1.165, 1.54) is 12.3 Å². The van der Waals surface area contributed by atoms with Crippen molar-refractivity contribution in [1.82, 2.24) is 25.1 Å². The molecule has 8 nitrogen and oxygen atoms in total. The third kappa shape index (κ3) is 4.12. The van der Waals surface area contributed by atoms with Gasteiger partial charge in [-0.05, 0) is 6.92 Å². The molecule has 0 bridgehead atoms. The molecule has 0 radical (unpaired) electrons. The van der Waals surface area contributed by atoms with Crippen molar-refractivity contribution in [1.29, 1.82) is 0 Å². The van der Waals surface area contributed by atoms with E-state index in [0.717, 1.165) is 10.7 Å². The molecule has 0 saturated carbocycles. The van der Waals surface area contributed by atoms with Crippen molar-refractivity contribution in [2.45, 2.75) is 33.2 Å². The van der Waals surface area contributed by atoms with E-state index >= 15 is 0 Å². The van der Waals surface area contributed by atoms with Crippen LogP contribution in [-0.4, -0.2) is 32.2 Å². The number of nitrogens with zero attached hydrogens (tertiary/aromatic N) is 3. The van der Waals surface area contributed by atoms with Crippen LogP contribution in [0.4, 0.5) is 0 Å². The second-order valence-corrected chi connectivity index (χ2v) is 5.44. The molecule has 2 rings (SSSR count). The van der Waals surface area contributed by atoms with E-state index in [2.05, 4.69) is 20.4 Å². The van der Waals surface area contributed by atoms with E-state index in [1.54, 1.807) is 6.92 Å². The van der Waals surface area contributed by atoms with E-state index in [1.807, 2.05) is 13.8 Å². The van der Waals surface area contributed by atoms with Crippen LogP contribution in [0.1, 0.15) is 41.6 Å². The van der Waals surface area contributed by atoms with Crippen LogP contribution in [0, 0.1) is 6.92 Å². The van der Waals surface area contributed by atoms with Crippen molar-refractivity contribution in [3.05, 3.63) is 56.1 Å². The normalized spacial score (nSPS) is 10.8. The SMILES string of the molecule is Cc1nc(C(C)C)ncc1C(=O)NCCn1[nH]c(=O)ccc1=O. The van der Waals surface area contributed by atoms with Crippen LogP contribution in [0.2, 0.25) is 0 Å². The predicted octanol–water partition coefficient (Wildman–Crippen LogP) is 0.188. The maximum Gasteiger partial charge on any atom is 0.265 e. The van der Waals surface area contributed by atoms with Gasteiger partial charge < -0.3 is 5.32 Å². The number of H-pyrrole nitrogens is 1. The van der Waals surface area contributed by atoms with Gasteiger partial charge in [0, 0.05) is 30.8 Å². The minimum Gasteiger partial charge on any atom is -0.350 e. The summed E-state index contributed by atoms with van der Waals surface area (Å²) >= 11 is 0. The zero-order valence-corrected chi connectivity index (χ0v) is 13.3. The Bertz CT molecular complexity index is 822. The van der Waals surface area contributed by atoms with Crippen LogP contribution in [-0.2, 0) is 6.54 Å². The van der Waals surface area contributed by atoms with Crippen molar-refractivity contribution < 1.29 is 4.79 Å². The highest BCUT2D eigenvalue weighted by molar-refractivity contribution is 5.94. The molecule has 0 aliphatic carbocycles. The van der Waals surface area contributed by atoms with Gasteiger partial charge in [0.15, 0.2) is 0 Å². The van der Waals surface area contributed by atoms with Crippen LogP contribution < -0.4 is 16.4 Å². The molecule has 2 N–H and O–H groups in total. The number of hydrogen-bond acceptors (Lipinski definition) is 5. The highest BCUT2D eigenvalue weighted by Crippen LogP contribution is 2.11. The summed E-state index contributed by atoms with van der Waals surface area (Å²) in [6.07, 6.45) is 1.50. The van der Waals surface area contributed by atoms with Crippen molar-refractivity contribution in [3.63, 3.8) is 0 Å². The second-order valence-electron chi connectivity index (χ2n) is 5.44. The Labute approximate surface area is 132 Å². The Hall–Kier alpha value is -2.77. The van der Waals surface area contributed by atoms with Crippen LogP contribution in [0.15, 0.2) is 27.9 Å². The summed E-state index contributed by atoms with van der Waals surface area (Å²) in [5.74, 6) is 0.559. The molecule has 0 saturated heterocycles. The number of aromatic amines is 1. The number of carbonyl (C=O) groups is 1. The molecule has 0 spiro atoms. The van der Waals surface area contributed by atoms with Gasteiger partial charge in [-0.1, -0.05) is 13.8 Å². The first-order valence-electron chi connectivity index (χ1n) is 7.30. The minimum atomic E-state index is -0.371. The number of nitrogens with one attached hydrogen (secondary N) is 2. The summed E-state index contributed by atoms with van der Waals surface area (Å²) in [4.78, 5) is 43.3. The lowest BCUT2D eigenvalue weighted by Crippen LogP contribution is -2.34. The number of hydrogen-bond donors (Lipinski definition) is 2. The van der Waals surface area contributed by atoms with Gasteiger partial charge in [0.1, 0.15) is 5.82 Å². The molecule has 0 unspecified atom stereocenters. The molecule has 0 aromatic carbocycles. The maximum absolute atomic E-state index is 12.1. The van der Waals surface area contributed by atoms with Gasteiger partial charge in [-0.2, -0.15) is 0 Å². The van der Waals surface area contributed by atoms with Gasteiger partial charge in [-0.15, -0.1) is 0 Å². The number of aryl methyl sites for hydroxylation is 1. The summed E-state index contributed by atoms with van der Waals surface area (Å²) < 4.78 is 1.15. The van der Waals surface area contributed by atoms with Gasteiger partial charge in [0.05, 0.1) is 17.8 Å². The molecular formula is C15H19N5O3. The van der Waals surface area contributed by atoms with E-state index in [0.29, 0.717) is 17.1 Å². The Morgan fingerprint density at radius 1 is 1.35 bits per heavy atom. The number of aromatic nitrogens is 4. The zero-order chi connectivity index (χ0) is 17.0. The van der Waals surface area contributed by atoms with Crippen LogP contribution in [0.3, 0.4) is 0 Å². The average molecular weight is 317 g/mol. The summed E-state index contributed by atoms with van der Waals surface area (Å²) in [6.45, 7) is 6.08. The largest absolute Gasteiger partial charge is 0.350 e. The van der Waals surface area contributed by atoms with Gasteiger partial charge in [0.2, 0.25) is 0 Å². The van der Waals surface area contributed by atoms with Crippen molar-refractivity contribution in [2.75, 3.05) is 6.54 Å². The van der Waals surface area contributed by atoms with E-state index in [4.69, 9.17) is 0 Å². The van der Waals surface area contributed by atoms with Crippen molar-refractivity contribution in [2.24, 2.45) is 0 Å². The molecule has 0 aliphatic rings. The first-order valence-corrected chi connectivity index (χ1v) is 7.30. The quantitative estimate of drug-likeness (QED) is 0.818. The molecule has 1 amide bonds. The number of carbonyl (C=O) groups excluding carboxylic acids is 1. The molecular weight excluding hydrogens is 298 g/mol. The van der Waals surface area contributed by atoms with Crippen molar-refractivity contribution >= 4 is 5.91 Å². The average Bonchev–Trinajstić information content (AvgIpc) is 2.50. The molecule has 0 aliphatic heterocycles. The summed E-state index contributed by atoms with van der Waals surface area (Å²) in [7, 11) is 0.